The predicted molar refractivity (Wildman–Crippen MR) is 81.7 cm³/mol. The first-order chi connectivity index (χ1) is 8.50. The first-order valence-corrected chi connectivity index (χ1v) is 10.1. The number of hydrogen-bond donors (Lipinski definition) is 1. The molecule has 4 heteroatoms. The Morgan fingerprint density at radius 3 is 2.56 bits per heavy atom. The maximum Gasteiger partial charge on any atom is 0.194 e. The van der Waals surface area contributed by atoms with Gasteiger partial charge < -0.3 is 4.57 Å². The fourth-order valence-corrected chi connectivity index (χ4v) is 5.74. The molecule has 1 aromatic carbocycles. The molecule has 1 saturated heterocycles. The predicted octanol–water partition coefficient (Wildman–Crippen LogP) is 3.14. The number of hydrogen-bond acceptors (Lipinski definition) is 2. The van der Waals surface area contributed by atoms with Crippen LogP contribution in [0.5, 0.6) is 0 Å². The van der Waals surface area contributed by atoms with Crippen LogP contribution in [0.1, 0.15) is 17.9 Å². The molecule has 0 amide bonds. The number of carbonyl (C=O) groups is 1. The summed E-state index contributed by atoms with van der Waals surface area (Å²) in [6, 6.07) is 11.4. The summed E-state index contributed by atoms with van der Waals surface area (Å²) < 4.78 is 2.55. The number of rotatable bonds is 4. The van der Waals surface area contributed by atoms with Crippen molar-refractivity contribution in [3.8, 4) is 0 Å². The SMILES string of the molecule is C[Si]1(C)CCCN1CC(C(=O)S)c1ccccc1. The molecule has 0 aliphatic carbocycles. The van der Waals surface area contributed by atoms with Crippen LogP contribution in [0.3, 0.4) is 0 Å². The van der Waals surface area contributed by atoms with Crippen LogP contribution in [0, 0.1) is 0 Å². The molecule has 0 saturated carbocycles. The van der Waals surface area contributed by atoms with Gasteiger partial charge in [0.15, 0.2) is 5.12 Å². The van der Waals surface area contributed by atoms with E-state index < -0.39 is 8.24 Å². The van der Waals surface area contributed by atoms with E-state index >= 15 is 0 Å². The second-order valence-corrected chi connectivity index (χ2v) is 10.9. The van der Waals surface area contributed by atoms with Gasteiger partial charge in [-0.25, -0.2) is 0 Å². The summed E-state index contributed by atoms with van der Waals surface area (Å²) in [5, 5.41) is -0.0158. The van der Waals surface area contributed by atoms with Crippen molar-refractivity contribution in [3.63, 3.8) is 0 Å². The smallest absolute Gasteiger partial charge is 0.194 e. The van der Waals surface area contributed by atoms with E-state index in [9.17, 15) is 4.79 Å². The molecule has 2 rings (SSSR count). The summed E-state index contributed by atoms with van der Waals surface area (Å²) in [5.74, 6) is -0.0839. The fraction of sp³-hybridized carbons (Fsp3) is 0.500. The average molecular weight is 279 g/mol. The van der Waals surface area contributed by atoms with E-state index in [2.05, 4.69) is 30.3 Å². The minimum atomic E-state index is -1.26. The third-order valence-electron chi connectivity index (χ3n) is 3.98. The zero-order valence-electron chi connectivity index (χ0n) is 11.1. The molecule has 1 aliphatic heterocycles. The highest BCUT2D eigenvalue weighted by Gasteiger charge is 2.36. The van der Waals surface area contributed by atoms with Crippen molar-refractivity contribution in [1.29, 1.82) is 0 Å². The molecule has 1 unspecified atom stereocenters. The van der Waals surface area contributed by atoms with Gasteiger partial charge in [-0.2, -0.15) is 0 Å². The van der Waals surface area contributed by atoms with E-state index in [4.69, 9.17) is 0 Å². The Hall–Kier alpha value is -0.583. The van der Waals surface area contributed by atoms with Gasteiger partial charge in [0.2, 0.25) is 0 Å². The quantitative estimate of drug-likeness (QED) is 0.675. The highest BCUT2D eigenvalue weighted by molar-refractivity contribution is 7.96. The molecular formula is C14H21NOSSi. The van der Waals surface area contributed by atoms with Gasteiger partial charge in [-0.15, -0.1) is 12.6 Å². The molecule has 2 nitrogen and oxygen atoms in total. The maximum absolute atomic E-state index is 11.8. The zero-order chi connectivity index (χ0) is 13.2. The van der Waals surface area contributed by atoms with Crippen LogP contribution in [0.25, 0.3) is 0 Å². The lowest BCUT2D eigenvalue weighted by Crippen LogP contribution is -2.45. The number of nitrogens with zero attached hydrogens (tertiary/aromatic N) is 1. The average Bonchev–Trinajstić information content (AvgIpc) is 2.66. The number of benzene rings is 1. The van der Waals surface area contributed by atoms with Gasteiger partial charge in [-0.3, -0.25) is 4.79 Å². The van der Waals surface area contributed by atoms with Gasteiger partial charge in [-0.05, 0) is 24.6 Å². The van der Waals surface area contributed by atoms with Gasteiger partial charge in [0.1, 0.15) is 8.24 Å². The normalized spacial score (nSPS) is 20.8. The molecule has 1 aromatic rings. The Morgan fingerprint density at radius 1 is 1.39 bits per heavy atom. The maximum atomic E-state index is 11.8. The molecule has 1 atom stereocenters. The van der Waals surface area contributed by atoms with Gasteiger partial charge in [0.25, 0.3) is 0 Å². The van der Waals surface area contributed by atoms with Gasteiger partial charge in [0.05, 0.1) is 5.92 Å². The van der Waals surface area contributed by atoms with Crippen molar-refractivity contribution in [2.45, 2.75) is 31.5 Å². The minimum absolute atomic E-state index is 0.0158. The summed E-state index contributed by atoms with van der Waals surface area (Å²) in [4.78, 5) is 11.8. The van der Waals surface area contributed by atoms with Crippen molar-refractivity contribution in [2.24, 2.45) is 0 Å². The van der Waals surface area contributed by atoms with E-state index in [-0.39, 0.29) is 11.0 Å². The van der Waals surface area contributed by atoms with Crippen LogP contribution in [-0.4, -0.2) is 31.0 Å². The second-order valence-electron chi connectivity index (χ2n) is 5.66. The fourth-order valence-electron chi connectivity index (χ4n) is 2.73. The molecule has 0 aromatic heterocycles. The highest BCUT2D eigenvalue weighted by atomic mass is 32.1. The first-order valence-electron chi connectivity index (χ1n) is 6.53. The van der Waals surface area contributed by atoms with Crippen molar-refractivity contribution >= 4 is 26.0 Å². The summed E-state index contributed by atoms with van der Waals surface area (Å²) >= 11 is 4.08. The van der Waals surface area contributed by atoms with Crippen molar-refractivity contribution < 1.29 is 4.79 Å². The largest absolute Gasteiger partial charge is 0.323 e. The number of thiol groups is 1. The summed E-state index contributed by atoms with van der Waals surface area (Å²) in [6.45, 7) is 6.77. The monoisotopic (exact) mass is 279 g/mol. The molecule has 1 aliphatic rings. The topological polar surface area (TPSA) is 20.3 Å². The molecule has 98 valence electrons. The van der Waals surface area contributed by atoms with E-state index in [1.54, 1.807) is 0 Å². The summed E-state index contributed by atoms with van der Waals surface area (Å²) in [7, 11) is -1.26. The van der Waals surface area contributed by atoms with Crippen molar-refractivity contribution in [1.82, 2.24) is 4.57 Å². The molecule has 18 heavy (non-hydrogen) atoms. The van der Waals surface area contributed by atoms with Crippen LogP contribution in [0.2, 0.25) is 19.1 Å². The van der Waals surface area contributed by atoms with Crippen LogP contribution in [-0.2, 0) is 4.79 Å². The molecule has 0 spiro atoms. The zero-order valence-corrected chi connectivity index (χ0v) is 13.0. The minimum Gasteiger partial charge on any atom is -0.323 e. The van der Waals surface area contributed by atoms with Crippen LogP contribution in [0.15, 0.2) is 30.3 Å². The Labute approximate surface area is 116 Å². The Bertz CT molecular complexity index is 421. The molecule has 1 heterocycles. The van der Waals surface area contributed by atoms with Crippen LogP contribution >= 0.6 is 12.6 Å². The van der Waals surface area contributed by atoms with Crippen LogP contribution < -0.4 is 0 Å². The third kappa shape index (κ3) is 3.05. The van der Waals surface area contributed by atoms with E-state index in [1.165, 1.54) is 12.5 Å². The standard InChI is InChI=1S/C14H21NOSSi/c1-18(2)10-6-9-15(18)11-13(14(16)17)12-7-4-3-5-8-12/h3-5,7-8,13H,6,9-11H2,1-2H3,(H,16,17). The number of carbonyl (C=O) groups excluding carboxylic acids is 1. The molecule has 0 radical (unpaired) electrons. The van der Waals surface area contributed by atoms with Gasteiger partial charge in [-0.1, -0.05) is 43.4 Å². The first kappa shape index (κ1) is 13.8. The highest BCUT2D eigenvalue weighted by Crippen LogP contribution is 2.29. The van der Waals surface area contributed by atoms with E-state index in [0.717, 1.165) is 18.7 Å². The summed E-state index contributed by atoms with van der Waals surface area (Å²) in [6.07, 6.45) is 1.28. The van der Waals surface area contributed by atoms with E-state index in [1.807, 2.05) is 30.3 Å². The van der Waals surface area contributed by atoms with Gasteiger partial charge >= 0.3 is 0 Å². The Balaban J connectivity index is 2.15. The summed E-state index contributed by atoms with van der Waals surface area (Å²) in [5.41, 5.74) is 1.09. The second kappa shape index (κ2) is 5.59. The van der Waals surface area contributed by atoms with Gasteiger partial charge in [0, 0.05) is 6.54 Å². The third-order valence-corrected chi connectivity index (χ3v) is 7.98. The molecule has 0 bridgehead atoms. The Morgan fingerprint density at radius 2 is 2.06 bits per heavy atom. The molecule has 0 N–H and O–H groups in total. The molecule has 1 fully saturated rings. The lowest BCUT2D eigenvalue weighted by Gasteiger charge is -2.32. The lowest BCUT2D eigenvalue weighted by molar-refractivity contribution is -0.112. The van der Waals surface area contributed by atoms with Crippen LogP contribution in [0.4, 0.5) is 0 Å². The Kier molecular flexibility index (Phi) is 4.30. The lowest BCUT2D eigenvalue weighted by atomic mass is 10.0. The van der Waals surface area contributed by atoms with E-state index in [0.29, 0.717) is 0 Å². The van der Waals surface area contributed by atoms with Crippen molar-refractivity contribution in [2.75, 3.05) is 13.1 Å². The molecular weight excluding hydrogens is 258 g/mol. The van der Waals surface area contributed by atoms with Crippen molar-refractivity contribution in [3.05, 3.63) is 35.9 Å².